The number of amides is 1. The largest absolute Gasteiger partial charge is 0.454 e. The van der Waals surface area contributed by atoms with Gasteiger partial charge in [-0.1, -0.05) is 12.8 Å². The van der Waals surface area contributed by atoms with E-state index in [4.69, 9.17) is 9.47 Å². The van der Waals surface area contributed by atoms with Crippen LogP contribution in [0.2, 0.25) is 0 Å². The van der Waals surface area contributed by atoms with Gasteiger partial charge in [-0.25, -0.2) is 0 Å². The monoisotopic (exact) mass is 401 g/mol. The van der Waals surface area contributed by atoms with E-state index in [0.717, 1.165) is 76.1 Å². The molecular formula is C23H33N2O4+. The molecule has 4 aliphatic rings. The van der Waals surface area contributed by atoms with Crippen LogP contribution >= 0.6 is 0 Å². The molecule has 0 bridgehead atoms. The van der Waals surface area contributed by atoms with Crippen LogP contribution in [0.3, 0.4) is 0 Å². The number of nitrogens with zero attached hydrogens (tertiary/aromatic N) is 1. The van der Waals surface area contributed by atoms with Gasteiger partial charge < -0.3 is 24.4 Å². The summed E-state index contributed by atoms with van der Waals surface area (Å²) in [6.07, 6.45) is 8.42. The van der Waals surface area contributed by atoms with Crippen LogP contribution in [-0.4, -0.2) is 54.5 Å². The van der Waals surface area contributed by atoms with Gasteiger partial charge in [0.25, 0.3) is 5.91 Å². The molecule has 2 saturated heterocycles. The minimum Gasteiger partial charge on any atom is -0.454 e. The van der Waals surface area contributed by atoms with Gasteiger partial charge in [0, 0.05) is 31.0 Å². The molecular weight excluding hydrogens is 368 g/mol. The van der Waals surface area contributed by atoms with E-state index in [1.54, 1.807) is 0 Å². The van der Waals surface area contributed by atoms with Gasteiger partial charge in [-0.3, -0.25) is 4.79 Å². The number of rotatable bonds is 3. The van der Waals surface area contributed by atoms with Gasteiger partial charge in [0.2, 0.25) is 6.79 Å². The molecule has 1 aliphatic carbocycles. The van der Waals surface area contributed by atoms with Crippen LogP contribution in [-0.2, 0) is 4.79 Å². The number of fused-ring (bicyclic) bond motifs is 2. The second-order valence-electron chi connectivity index (χ2n) is 9.32. The smallest absolute Gasteiger partial charge is 0.277 e. The SMILES string of the molecule is O=C(C[NH+]1CC[C@@]2(O)CCCC[C@H]2[C@@H]1c1ccc2c(c1)OCO2)N1CCCCC1. The fraction of sp³-hybridized carbons (Fsp3) is 0.696. The maximum absolute atomic E-state index is 13.1. The molecule has 29 heavy (non-hydrogen) atoms. The van der Waals surface area contributed by atoms with E-state index in [0.29, 0.717) is 6.54 Å². The molecule has 5 rings (SSSR count). The molecule has 0 aromatic heterocycles. The van der Waals surface area contributed by atoms with Gasteiger partial charge in [-0.15, -0.1) is 0 Å². The molecule has 3 aliphatic heterocycles. The normalized spacial score (nSPS) is 34.0. The van der Waals surface area contributed by atoms with Gasteiger partial charge in [0.1, 0.15) is 6.04 Å². The average molecular weight is 402 g/mol. The molecule has 1 aromatic rings. The van der Waals surface area contributed by atoms with Gasteiger partial charge in [0.05, 0.1) is 12.1 Å². The molecule has 4 atom stereocenters. The van der Waals surface area contributed by atoms with Crippen LogP contribution in [0.4, 0.5) is 0 Å². The number of likely N-dealkylation sites (tertiary alicyclic amines) is 2. The Balaban J connectivity index is 1.43. The van der Waals surface area contributed by atoms with E-state index in [9.17, 15) is 9.90 Å². The number of carbonyl (C=O) groups excluding carboxylic acids is 1. The summed E-state index contributed by atoms with van der Waals surface area (Å²) in [5.74, 6) is 2.03. The van der Waals surface area contributed by atoms with Crippen molar-refractivity contribution in [3.05, 3.63) is 23.8 Å². The van der Waals surface area contributed by atoms with Gasteiger partial charge in [-0.2, -0.15) is 0 Å². The Morgan fingerprint density at radius 2 is 1.93 bits per heavy atom. The number of carbonyl (C=O) groups is 1. The molecule has 0 radical (unpaired) electrons. The third-order valence-corrected chi connectivity index (χ3v) is 7.63. The summed E-state index contributed by atoms with van der Waals surface area (Å²) in [5, 5.41) is 11.5. The fourth-order valence-corrected chi connectivity index (χ4v) is 6.08. The van der Waals surface area contributed by atoms with E-state index >= 15 is 0 Å². The van der Waals surface area contributed by atoms with Crippen molar-refractivity contribution < 1.29 is 24.3 Å². The molecule has 3 fully saturated rings. The summed E-state index contributed by atoms with van der Waals surface area (Å²) in [6, 6.07) is 6.30. The van der Waals surface area contributed by atoms with Crippen molar-refractivity contribution in [3.8, 4) is 11.5 Å². The first kappa shape index (κ1) is 19.2. The van der Waals surface area contributed by atoms with Crippen LogP contribution in [0.15, 0.2) is 18.2 Å². The molecule has 0 spiro atoms. The third-order valence-electron chi connectivity index (χ3n) is 7.63. The van der Waals surface area contributed by atoms with Crippen molar-refractivity contribution in [1.82, 2.24) is 4.90 Å². The summed E-state index contributed by atoms with van der Waals surface area (Å²) in [4.78, 5) is 16.4. The first-order valence-corrected chi connectivity index (χ1v) is 11.4. The highest BCUT2D eigenvalue weighted by Gasteiger charge is 2.52. The van der Waals surface area contributed by atoms with E-state index < -0.39 is 5.60 Å². The van der Waals surface area contributed by atoms with Gasteiger partial charge in [0.15, 0.2) is 18.0 Å². The highest BCUT2D eigenvalue weighted by Crippen LogP contribution is 2.45. The summed E-state index contributed by atoms with van der Waals surface area (Å²) in [7, 11) is 0. The number of piperidine rings is 2. The van der Waals surface area contributed by atoms with Crippen molar-refractivity contribution >= 4 is 5.91 Å². The zero-order valence-electron chi connectivity index (χ0n) is 17.2. The molecule has 1 unspecified atom stereocenters. The third kappa shape index (κ3) is 3.61. The maximum atomic E-state index is 13.1. The summed E-state index contributed by atoms with van der Waals surface area (Å²) in [6.45, 7) is 3.42. The zero-order valence-corrected chi connectivity index (χ0v) is 17.2. The molecule has 1 saturated carbocycles. The molecule has 1 aromatic carbocycles. The topological polar surface area (TPSA) is 63.4 Å². The number of hydrogen-bond donors (Lipinski definition) is 2. The Kier molecular flexibility index (Phi) is 5.16. The molecule has 158 valence electrons. The number of quaternary nitrogens is 1. The Hall–Kier alpha value is -1.79. The van der Waals surface area contributed by atoms with Crippen LogP contribution in [0.5, 0.6) is 11.5 Å². The van der Waals surface area contributed by atoms with Crippen LogP contribution in [0.25, 0.3) is 0 Å². The van der Waals surface area contributed by atoms with Crippen LogP contribution in [0, 0.1) is 5.92 Å². The van der Waals surface area contributed by atoms with E-state index in [-0.39, 0.29) is 24.7 Å². The molecule has 2 N–H and O–H groups in total. The number of nitrogens with one attached hydrogen (secondary N) is 1. The summed E-state index contributed by atoms with van der Waals surface area (Å²) >= 11 is 0. The zero-order chi connectivity index (χ0) is 19.8. The fourth-order valence-electron chi connectivity index (χ4n) is 6.08. The van der Waals surface area contributed by atoms with Gasteiger partial charge in [-0.05, 0) is 50.3 Å². The first-order chi connectivity index (χ1) is 14.1. The number of hydrogen-bond acceptors (Lipinski definition) is 4. The predicted octanol–water partition coefficient (Wildman–Crippen LogP) is 1.68. The van der Waals surface area contributed by atoms with E-state index in [1.807, 2.05) is 6.07 Å². The average Bonchev–Trinajstić information content (AvgIpc) is 3.22. The quantitative estimate of drug-likeness (QED) is 0.809. The number of benzene rings is 1. The van der Waals surface area contributed by atoms with Crippen molar-refractivity contribution in [2.45, 2.75) is 63.0 Å². The van der Waals surface area contributed by atoms with Crippen molar-refractivity contribution in [2.24, 2.45) is 5.92 Å². The highest BCUT2D eigenvalue weighted by molar-refractivity contribution is 5.77. The summed E-state index contributed by atoms with van der Waals surface area (Å²) < 4.78 is 11.1. The van der Waals surface area contributed by atoms with Crippen molar-refractivity contribution in [1.29, 1.82) is 0 Å². The first-order valence-electron chi connectivity index (χ1n) is 11.4. The molecule has 3 heterocycles. The standard InChI is InChI=1S/C23H32N2O4/c26-21(24-11-4-1-5-12-24)15-25-13-10-23(27)9-3-2-6-18(23)22(25)17-7-8-19-20(14-17)29-16-28-19/h7-8,14,18,22,27H,1-6,9-13,15-16H2/p+1/t18-,22-,23-/m0/s1. The Bertz CT molecular complexity index is 763. The highest BCUT2D eigenvalue weighted by atomic mass is 16.7. The van der Waals surface area contributed by atoms with Gasteiger partial charge >= 0.3 is 0 Å². The maximum Gasteiger partial charge on any atom is 0.277 e. The second kappa shape index (κ2) is 7.80. The van der Waals surface area contributed by atoms with Crippen molar-refractivity contribution in [3.63, 3.8) is 0 Å². The van der Waals surface area contributed by atoms with Crippen LogP contribution in [0.1, 0.15) is 63.0 Å². The Morgan fingerprint density at radius 1 is 1.10 bits per heavy atom. The number of aliphatic hydroxyl groups is 1. The lowest BCUT2D eigenvalue weighted by Gasteiger charge is -2.50. The van der Waals surface area contributed by atoms with Crippen LogP contribution < -0.4 is 14.4 Å². The molecule has 1 amide bonds. The lowest BCUT2D eigenvalue weighted by Crippen LogP contribution is -3.16. The van der Waals surface area contributed by atoms with E-state index in [2.05, 4.69) is 17.0 Å². The lowest BCUT2D eigenvalue weighted by molar-refractivity contribution is -0.938. The second-order valence-corrected chi connectivity index (χ2v) is 9.32. The van der Waals surface area contributed by atoms with Crippen molar-refractivity contribution in [2.75, 3.05) is 33.0 Å². The minimum absolute atomic E-state index is 0.122. The number of ether oxygens (including phenoxy) is 2. The molecule has 6 heteroatoms. The predicted molar refractivity (Wildman–Crippen MR) is 108 cm³/mol. The Morgan fingerprint density at radius 3 is 2.79 bits per heavy atom. The molecule has 6 nitrogen and oxygen atoms in total. The lowest BCUT2D eigenvalue weighted by atomic mass is 9.66. The minimum atomic E-state index is -0.600. The Labute approximate surface area is 172 Å². The van der Waals surface area contributed by atoms with E-state index in [1.165, 1.54) is 16.9 Å². The summed E-state index contributed by atoms with van der Waals surface area (Å²) in [5.41, 5.74) is 0.567.